The Labute approximate surface area is 143 Å². The molecule has 1 atom stereocenters. The summed E-state index contributed by atoms with van der Waals surface area (Å²) >= 11 is 0. The van der Waals surface area contributed by atoms with Gasteiger partial charge in [0.25, 0.3) is 0 Å². The molecule has 2 amide bonds. The van der Waals surface area contributed by atoms with Gasteiger partial charge < -0.3 is 15.0 Å². The minimum atomic E-state index is -0.0847. The van der Waals surface area contributed by atoms with Crippen molar-refractivity contribution < 1.29 is 14.3 Å². The molecule has 1 saturated carbocycles. The van der Waals surface area contributed by atoms with Gasteiger partial charge in [-0.15, -0.1) is 0 Å². The van der Waals surface area contributed by atoms with Gasteiger partial charge in [-0.05, 0) is 44.0 Å². The molecule has 2 aliphatic rings. The smallest absolute Gasteiger partial charge is 0.229 e. The topological polar surface area (TPSA) is 58.6 Å². The number of nitrogens with one attached hydrogen (secondary N) is 1. The van der Waals surface area contributed by atoms with Gasteiger partial charge in [-0.25, -0.2) is 0 Å². The molecular weight excluding hydrogens is 304 g/mol. The van der Waals surface area contributed by atoms with Gasteiger partial charge >= 0.3 is 0 Å². The average Bonchev–Trinajstić information content (AvgIpc) is 2.97. The van der Waals surface area contributed by atoms with E-state index in [1.165, 1.54) is 6.42 Å². The number of rotatable bonds is 5. The number of ether oxygens (including phenoxy) is 1. The Hall–Kier alpha value is -2.04. The van der Waals surface area contributed by atoms with Gasteiger partial charge in [0.2, 0.25) is 11.8 Å². The highest BCUT2D eigenvalue weighted by Crippen LogP contribution is 2.26. The molecule has 0 radical (unpaired) electrons. The number of hydrogen-bond acceptors (Lipinski definition) is 3. The first-order valence-corrected chi connectivity index (χ1v) is 9.01. The average molecular weight is 330 g/mol. The molecule has 5 heteroatoms. The van der Waals surface area contributed by atoms with Crippen molar-refractivity contribution in [2.24, 2.45) is 5.92 Å². The predicted molar refractivity (Wildman–Crippen MR) is 93.1 cm³/mol. The Morgan fingerprint density at radius 2 is 1.92 bits per heavy atom. The Kier molecular flexibility index (Phi) is 5.38. The highest BCUT2D eigenvalue weighted by atomic mass is 16.5. The van der Waals surface area contributed by atoms with Crippen LogP contribution in [0.3, 0.4) is 0 Å². The first kappa shape index (κ1) is 16.8. The van der Waals surface area contributed by atoms with Crippen molar-refractivity contribution in [3.8, 4) is 5.75 Å². The van der Waals surface area contributed by atoms with E-state index in [1.54, 1.807) is 4.90 Å². The minimum Gasteiger partial charge on any atom is -0.494 e. The maximum absolute atomic E-state index is 12.4. The molecule has 3 rings (SSSR count). The van der Waals surface area contributed by atoms with Crippen molar-refractivity contribution >= 4 is 17.5 Å². The molecule has 24 heavy (non-hydrogen) atoms. The Morgan fingerprint density at radius 1 is 1.21 bits per heavy atom. The summed E-state index contributed by atoms with van der Waals surface area (Å²) in [7, 11) is 0. The van der Waals surface area contributed by atoms with Crippen molar-refractivity contribution in [2.75, 3.05) is 18.1 Å². The summed E-state index contributed by atoms with van der Waals surface area (Å²) in [6.07, 6.45) is 5.85. The fourth-order valence-electron chi connectivity index (χ4n) is 3.63. The summed E-state index contributed by atoms with van der Waals surface area (Å²) in [6, 6.07) is 7.46. The highest BCUT2D eigenvalue weighted by molar-refractivity contribution is 5.97. The second kappa shape index (κ2) is 7.69. The summed E-state index contributed by atoms with van der Waals surface area (Å²) < 4.78 is 5.43. The van der Waals surface area contributed by atoms with Gasteiger partial charge in [-0.2, -0.15) is 0 Å². The predicted octanol–water partition coefficient (Wildman–Crippen LogP) is 2.89. The van der Waals surface area contributed by atoms with Crippen LogP contribution in [0.15, 0.2) is 24.3 Å². The molecule has 0 bridgehead atoms. The van der Waals surface area contributed by atoms with Gasteiger partial charge in [-0.1, -0.05) is 19.3 Å². The minimum absolute atomic E-state index is 0.0631. The number of nitrogens with zero attached hydrogens (tertiary/aromatic N) is 1. The molecule has 1 aliphatic heterocycles. The van der Waals surface area contributed by atoms with Gasteiger partial charge in [0.1, 0.15) is 5.75 Å². The maximum atomic E-state index is 12.4. The molecule has 130 valence electrons. The first-order chi connectivity index (χ1) is 11.7. The van der Waals surface area contributed by atoms with Crippen LogP contribution in [-0.2, 0) is 9.59 Å². The third-order valence-electron chi connectivity index (χ3n) is 4.91. The molecule has 0 spiro atoms. The lowest BCUT2D eigenvalue weighted by Crippen LogP contribution is -2.41. The van der Waals surface area contributed by atoms with Crippen LogP contribution in [0.25, 0.3) is 0 Å². The van der Waals surface area contributed by atoms with Crippen molar-refractivity contribution in [2.45, 2.75) is 51.5 Å². The SMILES string of the molecule is CCOc1ccc(N2C[C@@H](NC(=O)C3CCCCC3)CC2=O)cc1. The van der Waals surface area contributed by atoms with Crippen LogP contribution in [0, 0.1) is 5.92 Å². The molecule has 1 N–H and O–H groups in total. The summed E-state index contributed by atoms with van der Waals surface area (Å²) in [5.41, 5.74) is 0.859. The second-order valence-electron chi connectivity index (χ2n) is 6.68. The van der Waals surface area contributed by atoms with Crippen molar-refractivity contribution in [3.05, 3.63) is 24.3 Å². The van der Waals surface area contributed by atoms with Crippen molar-refractivity contribution in [1.82, 2.24) is 5.32 Å². The summed E-state index contributed by atoms with van der Waals surface area (Å²) in [5, 5.41) is 3.08. The number of amides is 2. The van der Waals surface area contributed by atoms with Gasteiger partial charge in [-0.3, -0.25) is 9.59 Å². The Morgan fingerprint density at radius 3 is 2.58 bits per heavy atom. The number of benzene rings is 1. The molecule has 0 aromatic heterocycles. The molecule has 2 fully saturated rings. The van der Waals surface area contributed by atoms with Crippen molar-refractivity contribution in [1.29, 1.82) is 0 Å². The maximum Gasteiger partial charge on any atom is 0.229 e. The third kappa shape index (κ3) is 3.89. The van der Waals surface area contributed by atoms with E-state index in [-0.39, 0.29) is 23.8 Å². The quantitative estimate of drug-likeness (QED) is 0.903. The van der Waals surface area contributed by atoms with E-state index in [0.717, 1.165) is 37.1 Å². The number of carbonyl (C=O) groups is 2. The molecule has 1 aromatic carbocycles. The normalized spacial score (nSPS) is 21.8. The zero-order chi connectivity index (χ0) is 16.9. The Balaban J connectivity index is 1.57. The lowest BCUT2D eigenvalue weighted by molar-refractivity contribution is -0.126. The van der Waals surface area contributed by atoms with E-state index in [0.29, 0.717) is 19.6 Å². The van der Waals surface area contributed by atoms with E-state index in [4.69, 9.17) is 4.74 Å². The zero-order valence-corrected chi connectivity index (χ0v) is 14.3. The summed E-state index contributed by atoms with van der Waals surface area (Å²) in [5.74, 6) is 1.12. The molecule has 1 aromatic rings. The van der Waals surface area contributed by atoms with E-state index >= 15 is 0 Å². The first-order valence-electron chi connectivity index (χ1n) is 9.01. The van der Waals surface area contributed by atoms with Gasteiger partial charge in [0.05, 0.1) is 12.6 Å². The van der Waals surface area contributed by atoms with Crippen LogP contribution in [0.2, 0.25) is 0 Å². The molecule has 5 nitrogen and oxygen atoms in total. The standard InChI is InChI=1S/C19H26N2O3/c1-2-24-17-10-8-16(9-11-17)21-13-15(12-18(21)22)20-19(23)14-6-4-3-5-7-14/h8-11,14-15H,2-7,12-13H2,1H3,(H,20,23)/t15-/m0/s1. The van der Waals surface area contributed by atoms with E-state index in [9.17, 15) is 9.59 Å². The highest BCUT2D eigenvalue weighted by Gasteiger charge is 2.33. The number of hydrogen-bond donors (Lipinski definition) is 1. The van der Waals surface area contributed by atoms with E-state index in [2.05, 4.69) is 5.32 Å². The van der Waals surface area contributed by atoms with Crippen LogP contribution in [0.1, 0.15) is 45.4 Å². The fraction of sp³-hybridized carbons (Fsp3) is 0.579. The van der Waals surface area contributed by atoms with E-state index in [1.807, 2.05) is 31.2 Å². The van der Waals surface area contributed by atoms with Gasteiger partial charge in [0.15, 0.2) is 0 Å². The van der Waals surface area contributed by atoms with Crippen molar-refractivity contribution in [3.63, 3.8) is 0 Å². The lowest BCUT2D eigenvalue weighted by Gasteiger charge is -2.23. The fourth-order valence-corrected chi connectivity index (χ4v) is 3.63. The molecule has 1 saturated heterocycles. The van der Waals surface area contributed by atoms with E-state index < -0.39 is 0 Å². The van der Waals surface area contributed by atoms with Crippen LogP contribution in [0.5, 0.6) is 5.75 Å². The van der Waals surface area contributed by atoms with Crippen LogP contribution in [-0.4, -0.2) is 31.0 Å². The summed E-state index contributed by atoms with van der Waals surface area (Å²) in [6.45, 7) is 3.11. The Bertz CT molecular complexity index is 579. The molecular formula is C19H26N2O3. The number of anilines is 1. The molecule has 0 unspecified atom stereocenters. The van der Waals surface area contributed by atoms with Crippen LogP contribution in [0.4, 0.5) is 5.69 Å². The van der Waals surface area contributed by atoms with Crippen LogP contribution < -0.4 is 15.0 Å². The second-order valence-corrected chi connectivity index (χ2v) is 6.68. The number of carbonyl (C=O) groups excluding carboxylic acids is 2. The largest absolute Gasteiger partial charge is 0.494 e. The monoisotopic (exact) mass is 330 g/mol. The third-order valence-corrected chi connectivity index (χ3v) is 4.91. The lowest BCUT2D eigenvalue weighted by atomic mass is 9.88. The molecule has 1 heterocycles. The summed E-state index contributed by atoms with van der Waals surface area (Å²) in [4.78, 5) is 26.4. The van der Waals surface area contributed by atoms with Gasteiger partial charge in [0, 0.05) is 24.6 Å². The molecule has 1 aliphatic carbocycles. The van der Waals surface area contributed by atoms with Crippen LogP contribution >= 0.6 is 0 Å². The zero-order valence-electron chi connectivity index (χ0n) is 14.3.